The van der Waals surface area contributed by atoms with Crippen LogP contribution in [0.25, 0.3) is 0 Å². The number of hydrogen-bond acceptors (Lipinski definition) is 6. The number of hydrogen-bond donors (Lipinski definition) is 0. The van der Waals surface area contributed by atoms with Crippen molar-refractivity contribution in [3.8, 4) is 0 Å². The van der Waals surface area contributed by atoms with Gasteiger partial charge in [0.25, 0.3) is 0 Å². The molecular weight excluding hydrogens is 901 g/mol. The molecule has 0 aromatic carbocycles. The van der Waals surface area contributed by atoms with Crippen molar-refractivity contribution in [1.82, 2.24) is 0 Å². The van der Waals surface area contributed by atoms with Gasteiger partial charge in [0, 0.05) is 19.3 Å². The van der Waals surface area contributed by atoms with Crippen LogP contribution in [0.5, 0.6) is 0 Å². The molecule has 0 saturated carbocycles. The fraction of sp³-hybridized carbons (Fsp3) is 0.776. The molecule has 1 atom stereocenters. The summed E-state index contributed by atoms with van der Waals surface area (Å²) < 4.78 is 16.8. The molecule has 422 valence electrons. The molecule has 0 N–H and O–H groups in total. The number of ether oxygens (including phenoxy) is 3. The summed E-state index contributed by atoms with van der Waals surface area (Å²) in [5.41, 5.74) is 0. The molecule has 0 amide bonds. The van der Waals surface area contributed by atoms with E-state index in [9.17, 15) is 14.4 Å². The van der Waals surface area contributed by atoms with Gasteiger partial charge in [0.2, 0.25) is 0 Å². The fourth-order valence-electron chi connectivity index (χ4n) is 9.00. The minimum atomic E-state index is -0.790. The average Bonchev–Trinajstić information content (AvgIpc) is 3.39. The van der Waals surface area contributed by atoms with E-state index in [4.69, 9.17) is 14.2 Å². The highest BCUT2D eigenvalue weighted by molar-refractivity contribution is 5.71. The van der Waals surface area contributed by atoms with Gasteiger partial charge in [-0.25, -0.2) is 0 Å². The van der Waals surface area contributed by atoms with E-state index in [1.807, 2.05) is 0 Å². The Morgan fingerprint density at radius 2 is 0.534 bits per heavy atom. The number of allylic oxidation sites excluding steroid dienone is 12. The van der Waals surface area contributed by atoms with Gasteiger partial charge in [0.15, 0.2) is 6.10 Å². The Morgan fingerprint density at radius 1 is 0.288 bits per heavy atom. The molecule has 1 unspecified atom stereocenters. The first kappa shape index (κ1) is 69.8. The molecule has 73 heavy (non-hydrogen) atoms. The molecule has 0 radical (unpaired) electrons. The van der Waals surface area contributed by atoms with Gasteiger partial charge in [-0.3, -0.25) is 14.4 Å². The lowest BCUT2D eigenvalue weighted by Crippen LogP contribution is -2.30. The van der Waals surface area contributed by atoms with Crippen LogP contribution in [0.15, 0.2) is 72.9 Å². The Balaban J connectivity index is 4.21. The molecule has 6 heteroatoms. The van der Waals surface area contributed by atoms with Crippen molar-refractivity contribution < 1.29 is 28.6 Å². The van der Waals surface area contributed by atoms with Gasteiger partial charge in [0.05, 0.1) is 0 Å². The molecule has 0 heterocycles. The zero-order chi connectivity index (χ0) is 52.9. The number of rotatable bonds is 57. The Hall–Kier alpha value is -3.15. The molecule has 6 nitrogen and oxygen atoms in total. The molecule has 0 fully saturated rings. The molecule has 0 aliphatic heterocycles. The Labute approximate surface area is 453 Å². The van der Waals surface area contributed by atoms with Crippen LogP contribution in [-0.2, 0) is 28.6 Å². The lowest BCUT2D eigenvalue weighted by Gasteiger charge is -2.18. The van der Waals surface area contributed by atoms with Crippen molar-refractivity contribution in [3.63, 3.8) is 0 Å². The van der Waals surface area contributed by atoms with Gasteiger partial charge in [-0.1, -0.05) is 280 Å². The second kappa shape index (κ2) is 61.4. The molecule has 0 aliphatic rings. The lowest BCUT2D eigenvalue weighted by atomic mass is 10.0. The van der Waals surface area contributed by atoms with Crippen LogP contribution in [0.1, 0.15) is 316 Å². The second-order valence-electron chi connectivity index (χ2n) is 20.9. The number of carbonyl (C=O) groups excluding carboxylic acids is 3. The molecule has 0 rings (SSSR count). The highest BCUT2D eigenvalue weighted by Crippen LogP contribution is 2.17. The molecule has 0 saturated heterocycles. The third kappa shape index (κ3) is 59.6. The summed E-state index contributed by atoms with van der Waals surface area (Å²) in [6.07, 6.45) is 79.3. The minimum Gasteiger partial charge on any atom is -0.462 e. The zero-order valence-corrected chi connectivity index (χ0v) is 48.4. The fourth-order valence-corrected chi connectivity index (χ4v) is 9.00. The third-order valence-electron chi connectivity index (χ3n) is 13.7. The molecular formula is C67H118O6. The summed E-state index contributed by atoms with van der Waals surface area (Å²) in [5.74, 6) is -0.909. The summed E-state index contributed by atoms with van der Waals surface area (Å²) in [7, 11) is 0. The van der Waals surface area contributed by atoms with Crippen LogP contribution < -0.4 is 0 Å². The first-order chi connectivity index (χ1) is 36.0. The van der Waals surface area contributed by atoms with E-state index in [2.05, 4.69) is 93.7 Å². The first-order valence-electron chi connectivity index (χ1n) is 31.4. The van der Waals surface area contributed by atoms with Gasteiger partial charge in [-0.2, -0.15) is 0 Å². The lowest BCUT2D eigenvalue weighted by molar-refractivity contribution is -0.167. The summed E-state index contributed by atoms with van der Waals surface area (Å²) in [5, 5.41) is 0. The van der Waals surface area contributed by atoms with E-state index >= 15 is 0 Å². The standard InChI is InChI=1S/C67H118O6/c1-4-7-10-13-16-19-21-23-25-27-29-30-31-32-33-34-35-36-38-39-41-43-45-48-51-54-57-60-66(69)72-63-64(62-71-65(68)59-56-53-50-47-18-15-12-9-6-3)73-67(70)61-58-55-52-49-46-44-42-40-37-28-26-24-22-20-17-14-11-8-5-2/h8,11,17,20,24,26-27,29,37,40,44,46,64H,4-7,9-10,12-16,18-19,21-23,25,28,30-36,38-39,41-43,45,47-63H2,1-3H3/b11-8-,20-17-,26-24-,29-27-,40-37-,46-44-. The normalized spacial score (nSPS) is 12.5. The molecule has 0 aromatic rings. The van der Waals surface area contributed by atoms with E-state index in [-0.39, 0.29) is 31.1 Å². The summed E-state index contributed by atoms with van der Waals surface area (Å²) >= 11 is 0. The topological polar surface area (TPSA) is 78.9 Å². The molecule has 0 aromatic heterocycles. The van der Waals surface area contributed by atoms with E-state index in [1.165, 1.54) is 180 Å². The zero-order valence-electron chi connectivity index (χ0n) is 48.4. The first-order valence-corrected chi connectivity index (χ1v) is 31.4. The van der Waals surface area contributed by atoms with Crippen molar-refractivity contribution in [2.75, 3.05) is 13.2 Å². The number of unbranched alkanes of at least 4 members (excludes halogenated alkanes) is 34. The van der Waals surface area contributed by atoms with Crippen molar-refractivity contribution in [3.05, 3.63) is 72.9 Å². The van der Waals surface area contributed by atoms with Gasteiger partial charge >= 0.3 is 17.9 Å². The summed E-state index contributed by atoms with van der Waals surface area (Å²) in [6, 6.07) is 0. The van der Waals surface area contributed by atoms with Crippen LogP contribution >= 0.6 is 0 Å². The maximum atomic E-state index is 12.8. The highest BCUT2D eigenvalue weighted by Gasteiger charge is 2.19. The second-order valence-corrected chi connectivity index (χ2v) is 20.9. The van der Waals surface area contributed by atoms with Gasteiger partial charge in [-0.05, 0) is 89.9 Å². The predicted octanol–water partition coefficient (Wildman–Crippen LogP) is 21.3. The van der Waals surface area contributed by atoms with Crippen molar-refractivity contribution >= 4 is 17.9 Å². The molecule has 0 spiro atoms. The van der Waals surface area contributed by atoms with E-state index < -0.39 is 6.10 Å². The van der Waals surface area contributed by atoms with Crippen LogP contribution in [0, 0.1) is 0 Å². The van der Waals surface area contributed by atoms with Crippen LogP contribution in [0.4, 0.5) is 0 Å². The van der Waals surface area contributed by atoms with Crippen LogP contribution in [0.2, 0.25) is 0 Å². The monoisotopic (exact) mass is 1020 g/mol. The quantitative estimate of drug-likeness (QED) is 0.0261. The minimum absolute atomic E-state index is 0.0860. The maximum Gasteiger partial charge on any atom is 0.306 e. The molecule has 0 bridgehead atoms. The number of esters is 3. The van der Waals surface area contributed by atoms with E-state index in [1.54, 1.807) is 0 Å². The Kier molecular flexibility index (Phi) is 58.7. The summed E-state index contributed by atoms with van der Waals surface area (Å²) in [4.78, 5) is 38.1. The Morgan fingerprint density at radius 3 is 0.863 bits per heavy atom. The highest BCUT2D eigenvalue weighted by atomic mass is 16.6. The predicted molar refractivity (Wildman–Crippen MR) is 316 cm³/mol. The third-order valence-corrected chi connectivity index (χ3v) is 13.7. The van der Waals surface area contributed by atoms with E-state index in [0.717, 1.165) is 96.3 Å². The van der Waals surface area contributed by atoms with Crippen molar-refractivity contribution in [2.24, 2.45) is 0 Å². The summed E-state index contributed by atoms with van der Waals surface area (Å²) in [6.45, 7) is 6.51. The van der Waals surface area contributed by atoms with E-state index in [0.29, 0.717) is 19.3 Å². The number of carbonyl (C=O) groups is 3. The largest absolute Gasteiger partial charge is 0.462 e. The smallest absolute Gasteiger partial charge is 0.306 e. The maximum absolute atomic E-state index is 12.8. The molecule has 0 aliphatic carbocycles. The van der Waals surface area contributed by atoms with Gasteiger partial charge in [-0.15, -0.1) is 0 Å². The Bertz CT molecular complexity index is 1360. The van der Waals surface area contributed by atoms with Crippen molar-refractivity contribution in [2.45, 2.75) is 322 Å². The van der Waals surface area contributed by atoms with Crippen LogP contribution in [0.3, 0.4) is 0 Å². The van der Waals surface area contributed by atoms with Gasteiger partial charge in [0.1, 0.15) is 13.2 Å². The average molecular weight is 1020 g/mol. The van der Waals surface area contributed by atoms with Crippen LogP contribution in [-0.4, -0.2) is 37.2 Å². The SMILES string of the molecule is CC/C=C\C/C=C\C/C=C\C/C=C\C/C=C\CCCCCC(=O)OC(COC(=O)CCCCCCCCCCC)COC(=O)CCCCCCCCCCCCCCCCC/C=C\CCCCCCCCCC. The van der Waals surface area contributed by atoms with Gasteiger partial charge < -0.3 is 14.2 Å². The van der Waals surface area contributed by atoms with Crippen molar-refractivity contribution in [1.29, 1.82) is 0 Å².